The van der Waals surface area contributed by atoms with Gasteiger partial charge in [-0.1, -0.05) is 29.8 Å². The van der Waals surface area contributed by atoms with Crippen molar-refractivity contribution in [3.05, 3.63) is 71.3 Å². The number of anilines is 1. The van der Waals surface area contributed by atoms with Crippen LogP contribution < -0.4 is 5.32 Å². The first-order valence-corrected chi connectivity index (χ1v) is 7.62. The summed E-state index contributed by atoms with van der Waals surface area (Å²) in [5, 5.41) is 2.35. The minimum absolute atomic E-state index is 0.175. The van der Waals surface area contributed by atoms with Crippen LogP contribution in [-0.4, -0.2) is 18.5 Å². The lowest BCUT2D eigenvalue weighted by molar-refractivity contribution is -0.142. The first-order chi connectivity index (χ1) is 12.2. The number of halogens is 3. The van der Waals surface area contributed by atoms with E-state index in [1.807, 2.05) is 31.2 Å². The van der Waals surface area contributed by atoms with E-state index < -0.39 is 30.2 Å². The molecule has 136 valence electrons. The third-order valence-electron chi connectivity index (χ3n) is 3.33. The molecule has 0 spiro atoms. The number of rotatable bonds is 5. The van der Waals surface area contributed by atoms with Gasteiger partial charge in [-0.2, -0.15) is 13.2 Å². The number of carbonyl (C=O) groups is 2. The normalized spacial score (nSPS) is 11.4. The van der Waals surface area contributed by atoms with Gasteiger partial charge in [0.1, 0.15) is 0 Å². The van der Waals surface area contributed by atoms with Crippen molar-refractivity contribution in [2.75, 3.05) is 11.9 Å². The molecule has 1 amide bonds. The molecule has 0 heterocycles. The lowest BCUT2D eigenvalue weighted by Gasteiger charge is -2.08. The molecule has 0 bridgehead atoms. The molecule has 0 unspecified atom stereocenters. The van der Waals surface area contributed by atoms with E-state index in [4.69, 9.17) is 4.74 Å². The number of aryl methyl sites for hydroxylation is 1. The molecule has 26 heavy (non-hydrogen) atoms. The van der Waals surface area contributed by atoms with E-state index in [0.717, 1.165) is 35.4 Å². The summed E-state index contributed by atoms with van der Waals surface area (Å²) in [6.45, 7) is 1.40. The third kappa shape index (κ3) is 6.08. The number of hydrogen-bond acceptors (Lipinski definition) is 3. The molecule has 7 heteroatoms. The van der Waals surface area contributed by atoms with Crippen LogP contribution in [0.5, 0.6) is 0 Å². The van der Waals surface area contributed by atoms with Gasteiger partial charge >= 0.3 is 12.1 Å². The standard InChI is InChI=1S/C19H16F3NO3/c1-13-2-4-14(5-3-13)6-11-18(25)26-12-17(24)23-16-9-7-15(8-10-16)19(20,21)22/h2-11H,12H2,1H3,(H,23,24)/b11-6+. The minimum Gasteiger partial charge on any atom is -0.452 e. The van der Waals surface area contributed by atoms with Gasteiger partial charge in [-0.25, -0.2) is 4.79 Å². The minimum atomic E-state index is -4.44. The van der Waals surface area contributed by atoms with Crippen molar-refractivity contribution in [3.63, 3.8) is 0 Å². The number of benzene rings is 2. The van der Waals surface area contributed by atoms with Gasteiger partial charge in [-0.05, 0) is 42.8 Å². The van der Waals surface area contributed by atoms with E-state index in [9.17, 15) is 22.8 Å². The number of ether oxygens (including phenoxy) is 1. The highest BCUT2D eigenvalue weighted by atomic mass is 19.4. The summed E-state index contributed by atoms with van der Waals surface area (Å²) in [5.74, 6) is -1.35. The molecule has 1 N–H and O–H groups in total. The summed E-state index contributed by atoms with van der Waals surface area (Å²) in [5.41, 5.74) is 1.25. The number of nitrogens with one attached hydrogen (secondary N) is 1. The van der Waals surface area contributed by atoms with Crippen LogP contribution in [0.3, 0.4) is 0 Å². The smallest absolute Gasteiger partial charge is 0.416 e. The zero-order chi connectivity index (χ0) is 19.2. The summed E-state index contributed by atoms with van der Waals surface area (Å²) in [6.07, 6.45) is -1.70. The maximum absolute atomic E-state index is 12.5. The Kier molecular flexibility index (Phi) is 6.16. The Balaban J connectivity index is 1.80. The number of amides is 1. The maximum atomic E-state index is 12.5. The zero-order valence-electron chi connectivity index (χ0n) is 13.8. The van der Waals surface area contributed by atoms with Gasteiger partial charge in [-0.3, -0.25) is 4.79 Å². The quantitative estimate of drug-likeness (QED) is 0.640. The second-order valence-corrected chi connectivity index (χ2v) is 5.48. The first-order valence-electron chi connectivity index (χ1n) is 7.62. The van der Waals surface area contributed by atoms with Gasteiger partial charge in [0.2, 0.25) is 0 Å². The van der Waals surface area contributed by atoms with E-state index in [1.165, 1.54) is 6.08 Å². The lowest BCUT2D eigenvalue weighted by Crippen LogP contribution is -2.20. The average molecular weight is 363 g/mol. The molecular weight excluding hydrogens is 347 g/mol. The van der Waals surface area contributed by atoms with Gasteiger partial charge < -0.3 is 10.1 Å². The van der Waals surface area contributed by atoms with Crippen molar-refractivity contribution in [1.29, 1.82) is 0 Å². The van der Waals surface area contributed by atoms with Crippen LogP contribution >= 0.6 is 0 Å². The Morgan fingerprint density at radius 1 is 1.04 bits per heavy atom. The van der Waals surface area contributed by atoms with Gasteiger partial charge in [0.05, 0.1) is 5.56 Å². The highest BCUT2D eigenvalue weighted by Crippen LogP contribution is 2.29. The SMILES string of the molecule is Cc1ccc(/C=C/C(=O)OCC(=O)Nc2ccc(C(F)(F)F)cc2)cc1. The van der Waals surface area contributed by atoms with E-state index >= 15 is 0 Å². The molecular formula is C19H16F3NO3. The summed E-state index contributed by atoms with van der Waals surface area (Å²) in [6, 6.07) is 11.4. The fourth-order valence-electron chi connectivity index (χ4n) is 1.97. The fourth-order valence-corrected chi connectivity index (χ4v) is 1.97. The third-order valence-corrected chi connectivity index (χ3v) is 3.33. The zero-order valence-corrected chi connectivity index (χ0v) is 13.8. The first kappa shape index (κ1) is 19.2. The summed E-state index contributed by atoms with van der Waals surface area (Å²) < 4.78 is 42.1. The maximum Gasteiger partial charge on any atom is 0.416 e. The van der Waals surface area contributed by atoms with Crippen molar-refractivity contribution in [3.8, 4) is 0 Å². The second kappa shape index (κ2) is 8.33. The van der Waals surface area contributed by atoms with Gasteiger partial charge in [0.15, 0.2) is 6.61 Å². The topological polar surface area (TPSA) is 55.4 Å². The summed E-state index contributed by atoms with van der Waals surface area (Å²) in [7, 11) is 0. The van der Waals surface area contributed by atoms with Crippen molar-refractivity contribution in [1.82, 2.24) is 0 Å². The molecule has 0 aliphatic rings. The van der Waals surface area contributed by atoms with Crippen molar-refractivity contribution in [2.24, 2.45) is 0 Å². The Morgan fingerprint density at radius 3 is 2.23 bits per heavy atom. The van der Waals surface area contributed by atoms with Crippen molar-refractivity contribution < 1.29 is 27.5 Å². The van der Waals surface area contributed by atoms with E-state index in [-0.39, 0.29) is 5.69 Å². The second-order valence-electron chi connectivity index (χ2n) is 5.48. The molecule has 0 aliphatic carbocycles. The molecule has 0 saturated carbocycles. The van der Waals surface area contributed by atoms with Crippen LogP contribution in [-0.2, 0) is 20.5 Å². The molecule has 2 rings (SSSR count). The van der Waals surface area contributed by atoms with Crippen molar-refractivity contribution in [2.45, 2.75) is 13.1 Å². The van der Waals surface area contributed by atoms with E-state index in [2.05, 4.69) is 5.32 Å². The number of carbonyl (C=O) groups excluding carboxylic acids is 2. The van der Waals surface area contributed by atoms with Gasteiger partial charge in [0, 0.05) is 11.8 Å². The molecule has 4 nitrogen and oxygen atoms in total. The Bertz CT molecular complexity index is 794. The number of alkyl halides is 3. The van der Waals surface area contributed by atoms with Crippen LogP contribution in [0.2, 0.25) is 0 Å². The Hall–Kier alpha value is -3.09. The molecule has 0 saturated heterocycles. The molecule has 2 aromatic rings. The largest absolute Gasteiger partial charge is 0.452 e. The summed E-state index contributed by atoms with van der Waals surface area (Å²) in [4.78, 5) is 23.3. The molecule has 0 aliphatic heterocycles. The molecule has 0 atom stereocenters. The monoisotopic (exact) mass is 363 g/mol. The number of hydrogen-bond donors (Lipinski definition) is 1. The van der Waals surface area contributed by atoms with Crippen LogP contribution in [0.25, 0.3) is 6.08 Å². The van der Waals surface area contributed by atoms with E-state index in [0.29, 0.717) is 0 Å². The highest BCUT2D eigenvalue weighted by Gasteiger charge is 2.29. The fraction of sp³-hybridized carbons (Fsp3) is 0.158. The van der Waals surface area contributed by atoms with Crippen LogP contribution in [0.4, 0.5) is 18.9 Å². The van der Waals surface area contributed by atoms with Gasteiger partial charge in [-0.15, -0.1) is 0 Å². The van der Waals surface area contributed by atoms with Crippen LogP contribution in [0.1, 0.15) is 16.7 Å². The predicted octanol–water partition coefficient (Wildman–Crippen LogP) is 4.21. The van der Waals surface area contributed by atoms with Crippen LogP contribution in [0.15, 0.2) is 54.6 Å². The Morgan fingerprint density at radius 2 is 1.65 bits per heavy atom. The number of esters is 1. The lowest BCUT2D eigenvalue weighted by atomic mass is 10.1. The van der Waals surface area contributed by atoms with Gasteiger partial charge in [0.25, 0.3) is 5.91 Å². The highest BCUT2D eigenvalue weighted by molar-refractivity contribution is 5.94. The molecule has 2 aromatic carbocycles. The van der Waals surface area contributed by atoms with Crippen LogP contribution in [0, 0.1) is 6.92 Å². The predicted molar refractivity (Wildman–Crippen MR) is 91.2 cm³/mol. The summed E-state index contributed by atoms with van der Waals surface area (Å²) >= 11 is 0. The average Bonchev–Trinajstić information content (AvgIpc) is 2.59. The Labute approximate surface area is 148 Å². The molecule has 0 radical (unpaired) electrons. The van der Waals surface area contributed by atoms with E-state index in [1.54, 1.807) is 6.08 Å². The van der Waals surface area contributed by atoms with Crippen molar-refractivity contribution >= 4 is 23.6 Å². The molecule has 0 fully saturated rings. The molecule has 0 aromatic heterocycles.